The Balaban J connectivity index is 1.31. The van der Waals surface area contributed by atoms with E-state index in [2.05, 4.69) is 15.2 Å². The fourth-order valence-electron chi connectivity index (χ4n) is 3.50. The number of rotatable bonds is 3. The lowest BCUT2D eigenvalue weighted by molar-refractivity contribution is 0.194. The van der Waals surface area contributed by atoms with Crippen molar-refractivity contribution < 1.29 is 13.9 Å². The normalized spacial score (nSPS) is 16.2. The van der Waals surface area contributed by atoms with Gasteiger partial charge in [-0.2, -0.15) is 4.39 Å². The topological polar surface area (TPSA) is 57.7 Å². The number of fused-ring (bicyclic) bond motifs is 1. The zero-order chi connectivity index (χ0) is 17.9. The van der Waals surface area contributed by atoms with Gasteiger partial charge < -0.3 is 19.9 Å². The first kappa shape index (κ1) is 16.6. The number of urea groups is 1. The van der Waals surface area contributed by atoms with Crippen molar-refractivity contribution in [2.75, 3.05) is 37.7 Å². The van der Waals surface area contributed by atoms with Crippen LogP contribution >= 0.6 is 0 Å². The summed E-state index contributed by atoms with van der Waals surface area (Å²) >= 11 is 0. The van der Waals surface area contributed by atoms with Crippen LogP contribution in [0.2, 0.25) is 0 Å². The monoisotopic (exact) mass is 356 g/mol. The Morgan fingerprint density at radius 2 is 2.08 bits per heavy atom. The van der Waals surface area contributed by atoms with Gasteiger partial charge in [0.1, 0.15) is 5.75 Å². The van der Waals surface area contributed by atoms with Crippen molar-refractivity contribution in [2.45, 2.75) is 13.0 Å². The van der Waals surface area contributed by atoms with E-state index in [0.29, 0.717) is 39.3 Å². The summed E-state index contributed by atoms with van der Waals surface area (Å²) in [6, 6.07) is 9.10. The van der Waals surface area contributed by atoms with Crippen molar-refractivity contribution >= 4 is 11.7 Å². The molecule has 2 aromatic rings. The largest absolute Gasteiger partial charge is 0.493 e. The van der Waals surface area contributed by atoms with Gasteiger partial charge in [-0.05, 0) is 17.7 Å². The third-order valence-electron chi connectivity index (χ3n) is 4.91. The first-order valence-corrected chi connectivity index (χ1v) is 8.83. The maximum atomic E-state index is 13.3. The lowest BCUT2D eigenvalue weighted by Gasteiger charge is -2.36. The van der Waals surface area contributed by atoms with Crippen LogP contribution in [0.5, 0.6) is 5.75 Å². The molecule has 0 aliphatic carbocycles. The van der Waals surface area contributed by atoms with Gasteiger partial charge in [-0.15, -0.1) is 0 Å². The highest BCUT2D eigenvalue weighted by molar-refractivity contribution is 5.74. The van der Waals surface area contributed by atoms with Gasteiger partial charge in [-0.1, -0.05) is 12.1 Å². The molecule has 0 unspecified atom stereocenters. The van der Waals surface area contributed by atoms with Crippen LogP contribution in [0.4, 0.5) is 14.9 Å². The quantitative estimate of drug-likeness (QED) is 0.857. The second-order valence-electron chi connectivity index (χ2n) is 6.46. The summed E-state index contributed by atoms with van der Waals surface area (Å²) in [6.07, 6.45) is 2.36. The molecule has 136 valence electrons. The van der Waals surface area contributed by atoms with Crippen molar-refractivity contribution in [2.24, 2.45) is 0 Å². The molecule has 1 N–H and O–H groups in total. The highest BCUT2D eigenvalue weighted by Gasteiger charge is 2.22. The van der Waals surface area contributed by atoms with Crippen LogP contribution in [-0.2, 0) is 13.0 Å². The maximum Gasteiger partial charge on any atom is 0.317 e. The van der Waals surface area contributed by atoms with Gasteiger partial charge in [0.05, 0.1) is 6.61 Å². The second-order valence-corrected chi connectivity index (χ2v) is 6.46. The predicted octanol–water partition coefficient (Wildman–Crippen LogP) is 2.19. The fourth-order valence-corrected chi connectivity index (χ4v) is 3.50. The Kier molecular flexibility index (Phi) is 4.60. The van der Waals surface area contributed by atoms with Gasteiger partial charge in [-0.25, -0.2) is 9.78 Å². The molecule has 1 fully saturated rings. The Bertz CT molecular complexity index is 806. The molecule has 6 nitrogen and oxygen atoms in total. The molecule has 2 amide bonds. The fraction of sp³-hybridized carbons (Fsp3) is 0.368. The Morgan fingerprint density at radius 3 is 2.88 bits per heavy atom. The van der Waals surface area contributed by atoms with E-state index in [-0.39, 0.29) is 6.03 Å². The molecular formula is C19H21FN4O2. The Morgan fingerprint density at radius 1 is 1.23 bits per heavy atom. The molecule has 1 aromatic carbocycles. The summed E-state index contributed by atoms with van der Waals surface area (Å²) in [7, 11) is 0. The Hall–Kier alpha value is -2.83. The number of carbonyl (C=O) groups is 1. The minimum absolute atomic E-state index is 0.0675. The molecular weight excluding hydrogens is 335 g/mol. The highest BCUT2D eigenvalue weighted by Crippen LogP contribution is 2.28. The summed E-state index contributed by atoms with van der Waals surface area (Å²) in [6.45, 7) is 3.76. The molecule has 1 aromatic heterocycles. The van der Waals surface area contributed by atoms with Crippen molar-refractivity contribution in [3.63, 3.8) is 0 Å². The van der Waals surface area contributed by atoms with Gasteiger partial charge in [0.2, 0.25) is 5.95 Å². The smallest absolute Gasteiger partial charge is 0.317 e. The zero-order valence-electron chi connectivity index (χ0n) is 14.4. The summed E-state index contributed by atoms with van der Waals surface area (Å²) in [4.78, 5) is 19.9. The average Bonchev–Trinajstić information content (AvgIpc) is 3.15. The molecule has 26 heavy (non-hydrogen) atoms. The van der Waals surface area contributed by atoms with Crippen molar-refractivity contribution in [1.82, 2.24) is 15.2 Å². The number of ether oxygens (including phenoxy) is 1. The number of amides is 2. The molecule has 2 aliphatic heterocycles. The van der Waals surface area contributed by atoms with E-state index in [1.807, 2.05) is 18.2 Å². The molecule has 7 heteroatoms. The van der Waals surface area contributed by atoms with Crippen LogP contribution in [0.1, 0.15) is 11.1 Å². The van der Waals surface area contributed by atoms with E-state index < -0.39 is 5.95 Å². The molecule has 0 saturated carbocycles. The van der Waals surface area contributed by atoms with Crippen LogP contribution in [-0.4, -0.2) is 48.7 Å². The van der Waals surface area contributed by atoms with Crippen LogP contribution in [0.3, 0.4) is 0 Å². The molecule has 3 heterocycles. The summed E-state index contributed by atoms with van der Waals surface area (Å²) in [5.74, 6) is 0.442. The number of nitrogens with one attached hydrogen (secondary N) is 1. The molecule has 0 bridgehead atoms. The number of benzene rings is 1. The third kappa shape index (κ3) is 3.42. The lowest BCUT2D eigenvalue weighted by atomic mass is 10.1. The molecule has 4 rings (SSSR count). The van der Waals surface area contributed by atoms with Gasteiger partial charge in [0.15, 0.2) is 0 Å². The number of aromatic nitrogens is 1. The number of pyridine rings is 1. The van der Waals surface area contributed by atoms with E-state index in [4.69, 9.17) is 4.74 Å². The Labute approximate surface area is 151 Å². The van der Waals surface area contributed by atoms with E-state index in [1.54, 1.807) is 11.0 Å². The summed E-state index contributed by atoms with van der Waals surface area (Å²) in [5.41, 5.74) is 3.11. The van der Waals surface area contributed by atoms with Crippen molar-refractivity contribution in [1.29, 1.82) is 0 Å². The lowest BCUT2D eigenvalue weighted by Crippen LogP contribution is -2.51. The summed E-state index contributed by atoms with van der Waals surface area (Å²) in [5, 5.41) is 3.01. The van der Waals surface area contributed by atoms with E-state index in [1.165, 1.54) is 17.8 Å². The van der Waals surface area contributed by atoms with Gasteiger partial charge in [0.25, 0.3) is 0 Å². The number of piperazine rings is 1. The molecule has 1 saturated heterocycles. The van der Waals surface area contributed by atoms with Crippen molar-refractivity contribution in [3.05, 3.63) is 53.6 Å². The third-order valence-corrected chi connectivity index (χ3v) is 4.91. The van der Waals surface area contributed by atoms with Crippen LogP contribution < -0.4 is 15.0 Å². The van der Waals surface area contributed by atoms with Gasteiger partial charge in [-0.3, -0.25) is 0 Å². The van der Waals surface area contributed by atoms with Gasteiger partial charge in [0, 0.05) is 62.7 Å². The second kappa shape index (κ2) is 7.19. The van der Waals surface area contributed by atoms with Crippen LogP contribution in [0, 0.1) is 5.95 Å². The minimum atomic E-state index is -0.484. The minimum Gasteiger partial charge on any atom is -0.493 e. The van der Waals surface area contributed by atoms with Gasteiger partial charge >= 0.3 is 6.03 Å². The average molecular weight is 356 g/mol. The molecule has 0 spiro atoms. The van der Waals surface area contributed by atoms with Crippen LogP contribution in [0.15, 0.2) is 36.5 Å². The number of anilines is 1. The number of carbonyl (C=O) groups excluding carboxylic acids is 1. The van der Waals surface area contributed by atoms with E-state index >= 15 is 0 Å². The number of hydrogen-bond donors (Lipinski definition) is 1. The first-order chi connectivity index (χ1) is 12.7. The molecule has 0 radical (unpaired) electrons. The number of nitrogens with zero attached hydrogens (tertiary/aromatic N) is 3. The SMILES string of the molecule is O=C(NCc1cccc2c1CCO2)N1CCN(c2ccnc(F)c2)CC1. The van der Waals surface area contributed by atoms with Crippen LogP contribution in [0.25, 0.3) is 0 Å². The number of hydrogen-bond acceptors (Lipinski definition) is 4. The molecule has 2 aliphatic rings. The van der Waals surface area contributed by atoms with E-state index in [0.717, 1.165) is 23.4 Å². The first-order valence-electron chi connectivity index (χ1n) is 8.83. The summed E-state index contributed by atoms with van der Waals surface area (Å²) < 4.78 is 18.8. The zero-order valence-corrected chi connectivity index (χ0v) is 14.4. The standard InChI is InChI=1S/C19H21FN4O2/c20-18-12-15(4-6-21-18)23-7-9-24(10-8-23)19(25)22-13-14-2-1-3-17-16(14)5-11-26-17/h1-4,6,12H,5,7-11,13H2,(H,22,25). The number of halogens is 1. The predicted molar refractivity (Wildman–Crippen MR) is 95.9 cm³/mol. The van der Waals surface area contributed by atoms with E-state index in [9.17, 15) is 9.18 Å². The maximum absolute atomic E-state index is 13.3. The highest BCUT2D eigenvalue weighted by atomic mass is 19.1. The van der Waals surface area contributed by atoms with Crippen molar-refractivity contribution in [3.8, 4) is 5.75 Å². The molecule has 0 atom stereocenters.